The molecule has 1 saturated carbocycles. The first-order valence-electron chi connectivity index (χ1n) is 12.4. The zero-order chi connectivity index (χ0) is 26.3. The van der Waals surface area contributed by atoms with Crippen molar-refractivity contribution in [3.8, 4) is 0 Å². The van der Waals surface area contributed by atoms with Crippen LogP contribution in [0, 0.1) is 17.0 Å². The molecule has 2 aromatic carbocycles. The number of hydrogen-bond acceptors (Lipinski definition) is 4. The van der Waals surface area contributed by atoms with E-state index in [9.17, 15) is 18.7 Å². The Kier molecular flexibility index (Phi) is 6.32. The minimum atomic E-state index is -0.917. The van der Waals surface area contributed by atoms with E-state index in [-0.39, 0.29) is 17.1 Å². The van der Waals surface area contributed by atoms with Crippen molar-refractivity contribution in [1.82, 2.24) is 9.97 Å². The number of carbonyl (C=O) groups is 1. The molecule has 1 unspecified atom stereocenters. The summed E-state index contributed by atoms with van der Waals surface area (Å²) in [5.41, 5.74) is 6.18. The zero-order valence-electron chi connectivity index (χ0n) is 20.4. The van der Waals surface area contributed by atoms with Crippen molar-refractivity contribution in [2.45, 2.75) is 24.5 Å². The molecule has 0 saturated heterocycles. The number of aromatic nitrogens is 2. The molecule has 2 aromatic heterocycles. The number of nitrogens with zero attached hydrogens (tertiary/aromatic N) is 2. The van der Waals surface area contributed by atoms with E-state index in [2.05, 4.69) is 34.2 Å². The van der Waals surface area contributed by atoms with E-state index in [4.69, 9.17) is 0 Å². The highest BCUT2D eigenvalue weighted by molar-refractivity contribution is 7.99. The average Bonchev–Trinajstić information content (AvgIpc) is 3.68. The number of pyridine rings is 2. The van der Waals surface area contributed by atoms with Gasteiger partial charge in [-0.3, -0.25) is 9.78 Å². The molecule has 38 heavy (non-hydrogen) atoms. The van der Waals surface area contributed by atoms with Gasteiger partial charge in [-0.15, -0.1) is 11.8 Å². The number of thioether (sulfide) groups is 1. The van der Waals surface area contributed by atoms with E-state index >= 15 is 0 Å². The summed E-state index contributed by atoms with van der Waals surface area (Å²) in [5.74, 6) is -1.77. The molecular formula is C31H24F2N2O2S. The largest absolute Gasteiger partial charge is 0.481 e. The molecule has 6 rings (SSSR count). The van der Waals surface area contributed by atoms with Gasteiger partial charge in [0.1, 0.15) is 0 Å². The normalized spacial score (nSPS) is 17.3. The Morgan fingerprint density at radius 1 is 1.03 bits per heavy atom. The molecule has 4 aromatic rings. The van der Waals surface area contributed by atoms with Crippen LogP contribution in [0.15, 0.2) is 60.8 Å². The fourth-order valence-corrected chi connectivity index (χ4v) is 6.59. The molecule has 0 aliphatic heterocycles. The number of fused-ring (bicyclic) bond motifs is 3. The van der Waals surface area contributed by atoms with Crippen LogP contribution in [0.1, 0.15) is 58.2 Å². The van der Waals surface area contributed by atoms with Gasteiger partial charge in [0.05, 0.1) is 28.6 Å². The van der Waals surface area contributed by atoms with Crippen molar-refractivity contribution < 1.29 is 18.7 Å². The Morgan fingerprint density at radius 3 is 2.68 bits per heavy atom. The van der Waals surface area contributed by atoms with Gasteiger partial charge in [0.15, 0.2) is 11.6 Å². The lowest BCUT2D eigenvalue weighted by Gasteiger charge is -2.22. The molecule has 0 radical (unpaired) electrons. The second kappa shape index (κ2) is 9.80. The maximum Gasteiger partial charge on any atom is 0.303 e. The van der Waals surface area contributed by atoms with Gasteiger partial charge in [0, 0.05) is 23.4 Å². The predicted molar refractivity (Wildman–Crippen MR) is 148 cm³/mol. The van der Waals surface area contributed by atoms with Crippen LogP contribution in [0.25, 0.3) is 35.2 Å². The van der Waals surface area contributed by atoms with Gasteiger partial charge in [0.2, 0.25) is 0 Å². The second-order valence-corrected chi connectivity index (χ2v) is 11.1. The maximum atomic E-state index is 13.7. The van der Waals surface area contributed by atoms with Crippen LogP contribution in [0.2, 0.25) is 0 Å². The molecule has 0 bridgehead atoms. The number of rotatable bonds is 7. The Balaban J connectivity index is 1.32. The number of aliphatic carboxylic acids is 1. The molecule has 0 amide bonds. The number of carboxylic acid groups (broad SMARTS) is 1. The molecule has 2 heterocycles. The van der Waals surface area contributed by atoms with E-state index in [0.717, 1.165) is 58.7 Å². The van der Waals surface area contributed by atoms with Crippen LogP contribution >= 0.6 is 11.8 Å². The first-order valence-corrected chi connectivity index (χ1v) is 13.5. The third-order valence-electron chi connectivity index (χ3n) is 7.21. The van der Waals surface area contributed by atoms with Crippen LogP contribution in [0.3, 0.4) is 0 Å². The van der Waals surface area contributed by atoms with Crippen LogP contribution in [0.5, 0.6) is 0 Å². The Hall–Kier alpha value is -3.84. The molecule has 2 aliphatic rings. The van der Waals surface area contributed by atoms with Crippen molar-refractivity contribution in [3.63, 3.8) is 0 Å². The van der Waals surface area contributed by atoms with Gasteiger partial charge in [-0.1, -0.05) is 36.4 Å². The Bertz CT molecular complexity index is 1630. The summed E-state index contributed by atoms with van der Waals surface area (Å²) in [7, 11) is 0. The van der Waals surface area contributed by atoms with E-state index in [0.29, 0.717) is 16.6 Å². The van der Waals surface area contributed by atoms with E-state index in [1.807, 2.05) is 30.4 Å². The zero-order valence-corrected chi connectivity index (χ0v) is 21.2. The van der Waals surface area contributed by atoms with E-state index in [1.165, 1.54) is 0 Å². The molecular weight excluding hydrogens is 502 g/mol. The summed E-state index contributed by atoms with van der Waals surface area (Å²) in [6.45, 7) is 0. The first kappa shape index (κ1) is 24.5. The summed E-state index contributed by atoms with van der Waals surface area (Å²) in [6, 6.07) is 16.1. The van der Waals surface area contributed by atoms with Gasteiger partial charge in [-0.25, -0.2) is 13.8 Å². The maximum absolute atomic E-state index is 13.7. The lowest BCUT2D eigenvalue weighted by molar-refractivity contribution is -0.138. The third-order valence-corrected chi connectivity index (χ3v) is 8.83. The SMILES string of the molecule is O=C(O)CC1(CSC2c3cc(/C=C/c4ccc5cc(F)c(F)cc5n4)ccc3C=Cc3ncccc32)CC1. The fourth-order valence-electron chi connectivity index (χ4n) is 4.92. The van der Waals surface area contributed by atoms with Gasteiger partial charge in [-0.05, 0) is 76.9 Å². The monoisotopic (exact) mass is 526 g/mol. The topological polar surface area (TPSA) is 63.1 Å². The number of carboxylic acids is 1. The number of benzene rings is 2. The second-order valence-electron chi connectivity index (χ2n) is 9.99. The number of halogens is 2. The van der Waals surface area contributed by atoms with Crippen molar-refractivity contribution in [3.05, 3.63) is 106 Å². The molecule has 1 atom stereocenters. The minimum absolute atomic E-state index is 0.0139. The van der Waals surface area contributed by atoms with Crippen LogP contribution in [0.4, 0.5) is 8.78 Å². The van der Waals surface area contributed by atoms with Crippen LogP contribution in [-0.4, -0.2) is 26.8 Å². The van der Waals surface area contributed by atoms with Crippen molar-refractivity contribution in [1.29, 1.82) is 0 Å². The van der Waals surface area contributed by atoms with Gasteiger partial charge < -0.3 is 5.11 Å². The van der Waals surface area contributed by atoms with Crippen LogP contribution in [-0.2, 0) is 4.79 Å². The molecule has 4 nitrogen and oxygen atoms in total. The summed E-state index contributed by atoms with van der Waals surface area (Å²) >= 11 is 1.79. The van der Waals surface area contributed by atoms with Crippen molar-refractivity contribution in [2.24, 2.45) is 5.41 Å². The summed E-state index contributed by atoms with van der Waals surface area (Å²) in [6.07, 6.45) is 11.8. The van der Waals surface area contributed by atoms with Crippen LogP contribution < -0.4 is 0 Å². The van der Waals surface area contributed by atoms with Gasteiger partial charge in [0.25, 0.3) is 0 Å². The van der Waals surface area contributed by atoms with E-state index < -0.39 is 17.6 Å². The molecule has 7 heteroatoms. The molecule has 0 spiro atoms. The lowest BCUT2D eigenvalue weighted by atomic mass is 9.98. The average molecular weight is 527 g/mol. The highest BCUT2D eigenvalue weighted by Crippen LogP contribution is 2.54. The molecule has 2 aliphatic carbocycles. The molecule has 190 valence electrons. The lowest BCUT2D eigenvalue weighted by Crippen LogP contribution is -2.13. The third kappa shape index (κ3) is 4.98. The summed E-state index contributed by atoms with van der Waals surface area (Å²) < 4.78 is 27.2. The minimum Gasteiger partial charge on any atom is -0.481 e. The van der Waals surface area contributed by atoms with Crippen molar-refractivity contribution in [2.75, 3.05) is 5.75 Å². The first-order chi connectivity index (χ1) is 18.4. The van der Waals surface area contributed by atoms with E-state index in [1.54, 1.807) is 30.1 Å². The van der Waals surface area contributed by atoms with Gasteiger partial charge in [-0.2, -0.15) is 0 Å². The summed E-state index contributed by atoms with van der Waals surface area (Å²) in [4.78, 5) is 20.5. The smallest absolute Gasteiger partial charge is 0.303 e. The Labute approximate surface area is 223 Å². The summed E-state index contributed by atoms with van der Waals surface area (Å²) in [5, 5.41) is 9.94. The number of hydrogen-bond donors (Lipinski definition) is 1. The van der Waals surface area contributed by atoms with Crippen molar-refractivity contribution >= 4 is 52.9 Å². The highest BCUT2D eigenvalue weighted by Gasteiger charge is 2.45. The molecule has 1 N–H and O–H groups in total. The highest BCUT2D eigenvalue weighted by atomic mass is 32.2. The standard InChI is InChI=1S/C31H24F2N2O2S/c32-25-15-21-6-9-22(35-28(21)16-26(25)33)8-4-19-3-5-20-7-10-27-23(2-1-13-34-27)30(24(20)14-19)38-18-31(11-12-31)17-29(36)37/h1-10,13-16,30H,11-12,17-18H2,(H,36,37)/b8-4+. The molecule has 1 fully saturated rings. The Morgan fingerprint density at radius 2 is 1.87 bits per heavy atom. The van der Waals surface area contributed by atoms with Gasteiger partial charge >= 0.3 is 5.97 Å². The predicted octanol–water partition coefficient (Wildman–Crippen LogP) is 7.64. The quantitative estimate of drug-likeness (QED) is 0.268. The fraction of sp³-hybridized carbons (Fsp3) is 0.194.